The monoisotopic (exact) mass is 390 g/mol. The van der Waals surface area contributed by atoms with Gasteiger partial charge in [0.15, 0.2) is 0 Å². The van der Waals surface area contributed by atoms with Gasteiger partial charge in [-0.15, -0.1) is 11.1 Å². The molecule has 3 nitrogen and oxygen atoms in total. The van der Waals surface area contributed by atoms with Crippen LogP contribution in [0.4, 0.5) is 0 Å². The van der Waals surface area contributed by atoms with Crippen LogP contribution < -0.4 is 0 Å². The van der Waals surface area contributed by atoms with Crippen molar-refractivity contribution in [1.29, 1.82) is 0 Å². The second kappa shape index (κ2) is 6.13. The third-order valence-corrected chi connectivity index (χ3v) is 14.9. The Morgan fingerprint density at radius 2 is 0.941 bits per heavy atom. The van der Waals surface area contributed by atoms with Gasteiger partial charge in [0.05, 0.1) is 0 Å². The van der Waals surface area contributed by atoms with Crippen molar-refractivity contribution in [3.8, 4) is 0 Å². The van der Waals surface area contributed by atoms with E-state index in [-0.39, 0.29) is 0 Å². The number of hydrogen-bond donors (Lipinski definition) is 0. The average Bonchev–Trinajstić information content (AvgIpc) is 1.65. The van der Waals surface area contributed by atoms with E-state index in [1.807, 2.05) is 39.3 Å². The molecule has 0 heterocycles. The van der Waals surface area contributed by atoms with E-state index < -0.39 is 31.0 Å². The zero-order valence-electron chi connectivity index (χ0n) is 10.7. The van der Waals surface area contributed by atoms with Gasteiger partial charge >= 0.3 is 23.4 Å². The molecule has 0 spiro atoms. The van der Waals surface area contributed by atoms with E-state index in [2.05, 4.69) is 0 Å². The Bertz CT molecular complexity index is 237. The second-order valence-corrected chi connectivity index (χ2v) is 25.8. The Morgan fingerprint density at radius 1 is 0.588 bits per heavy atom. The molecular formula is C6H18Cl4O3Si4. The van der Waals surface area contributed by atoms with Crippen molar-refractivity contribution in [1.82, 2.24) is 0 Å². The summed E-state index contributed by atoms with van der Waals surface area (Å²) in [5.41, 5.74) is 0. The maximum Gasteiger partial charge on any atom is 0.485 e. The highest BCUT2D eigenvalue weighted by Crippen LogP contribution is 2.29. The SMILES string of the molecule is C[Si](C)(Cl)O[Si](C)(C)O[Si](C)(C)O[Si](Cl)(Cl)Cl. The Balaban J connectivity index is 4.59. The van der Waals surface area contributed by atoms with Crippen molar-refractivity contribution in [2.45, 2.75) is 39.3 Å². The van der Waals surface area contributed by atoms with E-state index in [1.54, 1.807) is 0 Å². The Morgan fingerprint density at radius 3 is 1.24 bits per heavy atom. The first kappa shape index (κ1) is 18.9. The van der Waals surface area contributed by atoms with Crippen molar-refractivity contribution in [3.05, 3.63) is 0 Å². The molecule has 17 heavy (non-hydrogen) atoms. The molecule has 0 bridgehead atoms. The summed E-state index contributed by atoms with van der Waals surface area (Å²) in [5.74, 6) is 0. The molecule has 11 heteroatoms. The molecule has 0 saturated carbocycles. The third-order valence-electron chi connectivity index (χ3n) is 1.34. The summed E-state index contributed by atoms with van der Waals surface area (Å²) in [6.45, 7) is 11.3. The van der Waals surface area contributed by atoms with Crippen molar-refractivity contribution >= 4 is 75.3 Å². The van der Waals surface area contributed by atoms with Crippen LogP contribution in [0.5, 0.6) is 0 Å². The highest BCUT2D eigenvalue weighted by Gasteiger charge is 2.45. The van der Waals surface area contributed by atoms with Gasteiger partial charge in [0, 0.05) is 0 Å². The highest BCUT2D eigenvalue weighted by molar-refractivity contribution is 7.62. The first-order valence-corrected chi connectivity index (χ1v) is 19.5. The van der Waals surface area contributed by atoms with Crippen LogP contribution in [0.1, 0.15) is 0 Å². The lowest BCUT2D eigenvalue weighted by atomic mass is 11.9. The second-order valence-electron chi connectivity index (χ2n) is 4.91. The normalized spacial score (nSPS) is 15.2. The fourth-order valence-corrected chi connectivity index (χ4v) is 20.9. The summed E-state index contributed by atoms with van der Waals surface area (Å²) in [5, 5.41) is 0. The average molecular weight is 392 g/mol. The van der Waals surface area contributed by atoms with Gasteiger partial charge in [-0.1, -0.05) is 33.2 Å². The number of halogens is 4. The predicted octanol–water partition coefficient (Wildman–Crippen LogP) is 4.53. The Labute approximate surface area is 126 Å². The molecule has 0 aromatic carbocycles. The highest BCUT2D eigenvalue weighted by atomic mass is 35.8. The summed E-state index contributed by atoms with van der Waals surface area (Å²) in [7, 11) is -7.03. The fourth-order valence-electron chi connectivity index (χ4n) is 1.50. The standard InChI is InChI=1S/C6H18Cl4O3Si4/c1-14(2,7)11-15(3,4)12-16(5,6)13-17(8,9)10/h1-6H3. The molecule has 0 atom stereocenters. The first-order valence-electron chi connectivity index (χ1n) is 4.98. The summed E-state index contributed by atoms with van der Waals surface area (Å²) >= 11 is 23.4. The number of rotatable bonds is 6. The zero-order valence-corrected chi connectivity index (χ0v) is 17.8. The molecule has 0 aliphatic carbocycles. The predicted molar refractivity (Wildman–Crippen MR) is 84.9 cm³/mol. The third kappa shape index (κ3) is 11.4. The zero-order chi connectivity index (χ0) is 14.1. The van der Waals surface area contributed by atoms with E-state index in [0.717, 1.165) is 0 Å². The lowest BCUT2D eigenvalue weighted by molar-refractivity contribution is 0.341. The summed E-state index contributed by atoms with van der Waals surface area (Å²) in [4.78, 5) is 0. The molecule has 0 N–H and O–H groups in total. The Kier molecular flexibility index (Phi) is 6.81. The van der Waals surface area contributed by atoms with E-state index in [0.29, 0.717) is 0 Å². The quantitative estimate of drug-likeness (QED) is 0.491. The van der Waals surface area contributed by atoms with Gasteiger partial charge in [0.25, 0.3) is 7.63 Å². The minimum Gasteiger partial charge on any atom is -0.425 e. The molecule has 0 saturated heterocycles. The minimum absolute atomic E-state index is 1.84. The molecule has 0 aromatic rings. The first-order chi connectivity index (χ1) is 7.12. The maximum absolute atomic E-state index is 6.16. The van der Waals surface area contributed by atoms with Crippen molar-refractivity contribution < 1.29 is 12.3 Å². The van der Waals surface area contributed by atoms with Crippen LogP contribution in [-0.4, -0.2) is 31.0 Å². The molecule has 0 rings (SSSR count). The molecule has 0 unspecified atom stereocenters. The summed E-state index contributed by atoms with van der Waals surface area (Å²) < 4.78 is 17.2. The van der Waals surface area contributed by atoms with Crippen LogP contribution in [0.25, 0.3) is 0 Å². The fraction of sp³-hybridized carbons (Fsp3) is 1.00. The summed E-state index contributed by atoms with van der Waals surface area (Å²) in [6, 6.07) is 0. The maximum atomic E-state index is 6.16. The van der Waals surface area contributed by atoms with Crippen molar-refractivity contribution in [2.24, 2.45) is 0 Å². The van der Waals surface area contributed by atoms with Crippen molar-refractivity contribution in [3.63, 3.8) is 0 Å². The molecule has 0 radical (unpaired) electrons. The molecule has 0 aliphatic heterocycles. The molecule has 0 amide bonds. The smallest absolute Gasteiger partial charge is 0.425 e. The van der Waals surface area contributed by atoms with Crippen LogP contribution in [0.3, 0.4) is 0 Å². The van der Waals surface area contributed by atoms with E-state index in [9.17, 15) is 0 Å². The van der Waals surface area contributed by atoms with Gasteiger partial charge < -0.3 is 12.3 Å². The van der Waals surface area contributed by atoms with Crippen LogP contribution in [0.2, 0.25) is 39.3 Å². The summed E-state index contributed by atoms with van der Waals surface area (Å²) in [6.07, 6.45) is -3.15. The van der Waals surface area contributed by atoms with E-state index in [4.69, 9.17) is 56.7 Å². The van der Waals surface area contributed by atoms with Crippen LogP contribution >= 0.6 is 44.3 Å². The topological polar surface area (TPSA) is 27.7 Å². The molecule has 0 aromatic heterocycles. The van der Waals surface area contributed by atoms with Gasteiger partial charge in [-0.05, 0) is 39.3 Å². The van der Waals surface area contributed by atoms with Gasteiger partial charge in [-0.2, -0.15) is 0 Å². The molecule has 104 valence electrons. The van der Waals surface area contributed by atoms with Crippen LogP contribution in [0.15, 0.2) is 0 Å². The van der Waals surface area contributed by atoms with Gasteiger partial charge in [0.1, 0.15) is 0 Å². The lowest BCUT2D eigenvalue weighted by Crippen LogP contribution is -2.54. The minimum atomic E-state index is -3.15. The van der Waals surface area contributed by atoms with E-state index in [1.165, 1.54) is 0 Å². The van der Waals surface area contributed by atoms with E-state index >= 15 is 0 Å². The van der Waals surface area contributed by atoms with Gasteiger partial charge in [0.2, 0.25) is 0 Å². The van der Waals surface area contributed by atoms with Crippen LogP contribution in [0, 0.1) is 0 Å². The van der Waals surface area contributed by atoms with Gasteiger partial charge in [-0.3, -0.25) is 0 Å². The van der Waals surface area contributed by atoms with Crippen LogP contribution in [-0.2, 0) is 12.3 Å². The Hall–Kier alpha value is 1.91. The molecule has 0 fully saturated rings. The largest absolute Gasteiger partial charge is 0.485 e. The lowest BCUT2D eigenvalue weighted by Gasteiger charge is -2.36. The number of hydrogen-bond acceptors (Lipinski definition) is 3. The molecular weight excluding hydrogens is 374 g/mol. The molecule has 0 aliphatic rings. The van der Waals surface area contributed by atoms with Gasteiger partial charge in [-0.25, -0.2) is 0 Å². The van der Waals surface area contributed by atoms with Crippen molar-refractivity contribution in [2.75, 3.05) is 0 Å².